The fourth-order valence-corrected chi connectivity index (χ4v) is 4.78. The maximum absolute atomic E-state index is 13.3. The number of methoxy groups -OCH3 is 1. The minimum absolute atomic E-state index is 0.129. The van der Waals surface area contributed by atoms with E-state index in [1.54, 1.807) is 36.4 Å². The molecule has 6 nitrogen and oxygen atoms in total. The molecule has 0 N–H and O–H groups in total. The van der Waals surface area contributed by atoms with Crippen molar-refractivity contribution in [2.45, 2.75) is 24.7 Å². The van der Waals surface area contributed by atoms with Gasteiger partial charge in [-0.2, -0.15) is 0 Å². The Hall–Kier alpha value is -2.54. The lowest BCUT2D eigenvalue weighted by atomic mass is 10.0. The molecular weight excluding hydrogens is 342 g/mol. The van der Waals surface area contributed by atoms with Crippen LogP contribution in [0.3, 0.4) is 0 Å². The number of fused-ring (bicyclic) bond motifs is 1. The van der Waals surface area contributed by atoms with Crippen LogP contribution in [0.2, 0.25) is 0 Å². The number of benzene rings is 2. The number of nitrogens with zero attached hydrogens (tertiary/aromatic N) is 1. The van der Waals surface area contributed by atoms with Gasteiger partial charge in [-0.15, -0.1) is 0 Å². The molecule has 7 heteroatoms. The fraction of sp³-hybridized carbons (Fsp3) is 0.278. The molecule has 3 rings (SSSR count). The first-order valence-corrected chi connectivity index (χ1v) is 9.32. The Labute approximate surface area is 147 Å². The topological polar surface area (TPSA) is 72.9 Å². The van der Waals surface area contributed by atoms with Crippen LogP contribution in [0.4, 0.5) is 5.69 Å². The van der Waals surface area contributed by atoms with Crippen LogP contribution in [0.25, 0.3) is 0 Å². The maximum Gasteiger partial charge on any atom is 0.298 e. The number of aryl methyl sites for hydroxylation is 2. The van der Waals surface area contributed by atoms with E-state index in [1.807, 2.05) is 6.92 Å². The van der Waals surface area contributed by atoms with Crippen LogP contribution < -0.4 is 13.8 Å². The molecule has 1 heterocycles. The van der Waals surface area contributed by atoms with Crippen molar-refractivity contribution in [3.05, 3.63) is 47.5 Å². The van der Waals surface area contributed by atoms with Crippen molar-refractivity contribution in [2.75, 3.05) is 18.0 Å². The largest absolute Gasteiger partial charge is 0.495 e. The predicted molar refractivity (Wildman–Crippen MR) is 93.7 cm³/mol. The zero-order chi connectivity index (χ0) is 18.0. The Morgan fingerprint density at radius 2 is 1.96 bits per heavy atom. The summed E-state index contributed by atoms with van der Waals surface area (Å²) in [4.78, 5) is 10.7. The third kappa shape index (κ3) is 3.19. The standard InChI is InChI=1S/C18H19NO5S/c1-13-5-8-17(23-2)18(10-13)25(21,22)19-9-3-4-14-6-7-15(24-12-20)11-16(14)19/h5-8,10-12H,3-4,9H2,1-2H3. The van der Waals surface area contributed by atoms with Gasteiger partial charge in [0.15, 0.2) is 0 Å². The van der Waals surface area contributed by atoms with E-state index < -0.39 is 10.0 Å². The molecular formula is C18H19NO5S. The van der Waals surface area contributed by atoms with Crippen LogP contribution >= 0.6 is 0 Å². The molecule has 0 bridgehead atoms. The van der Waals surface area contributed by atoms with E-state index in [2.05, 4.69) is 0 Å². The van der Waals surface area contributed by atoms with Crippen LogP contribution in [-0.2, 0) is 21.2 Å². The zero-order valence-electron chi connectivity index (χ0n) is 14.1. The van der Waals surface area contributed by atoms with Gasteiger partial charge in [0, 0.05) is 12.6 Å². The average molecular weight is 361 g/mol. The molecule has 2 aromatic carbocycles. The van der Waals surface area contributed by atoms with Crippen molar-refractivity contribution in [1.29, 1.82) is 0 Å². The third-order valence-corrected chi connectivity index (χ3v) is 6.04. The smallest absolute Gasteiger partial charge is 0.298 e. The molecule has 132 valence electrons. The zero-order valence-corrected chi connectivity index (χ0v) is 14.9. The first kappa shape index (κ1) is 17.3. The Kier molecular flexibility index (Phi) is 4.67. The molecule has 0 atom stereocenters. The van der Waals surface area contributed by atoms with Gasteiger partial charge in [0.2, 0.25) is 0 Å². The quantitative estimate of drug-likeness (QED) is 0.766. The van der Waals surface area contributed by atoms with Crippen LogP contribution in [0.1, 0.15) is 17.5 Å². The van der Waals surface area contributed by atoms with Gasteiger partial charge < -0.3 is 9.47 Å². The van der Waals surface area contributed by atoms with Gasteiger partial charge >= 0.3 is 0 Å². The highest BCUT2D eigenvalue weighted by atomic mass is 32.2. The number of anilines is 1. The van der Waals surface area contributed by atoms with Crippen molar-refractivity contribution in [3.8, 4) is 11.5 Å². The summed E-state index contributed by atoms with van der Waals surface area (Å²) in [5, 5.41) is 0. The van der Waals surface area contributed by atoms with Crippen molar-refractivity contribution < 1.29 is 22.7 Å². The monoisotopic (exact) mass is 361 g/mol. The van der Waals surface area contributed by atoms with Gasteiger partial charge in [-0.25, -0.2) is 8.42 Å². The molecule has 2 aromatic rings. The molecule has 0 spiro atoms. The van der Waals surface area contributed by atoms with E-state index in [-0.39, 0.29) is 4.90 Å². The summed E-state index contributed by atoms with van der Waals surface area (Å²) in [6.45, 7) is 2.52. The number of sulfonamides is 1. The van der Waals surface area contributed by atoms with Gasteiger partial charge in [-0.3, -0.25) is 9.10 Å². The fourth-order valence-electron chi connectivity index (χ4n) is 3.00. The van der Waals surface area contributed by atoms with Gasteiger partial charge in [-0.1, -0.05) is 12.1 Å². The number of hydrogen-bond donors (Lipinski definition) is 0. The molecule has 1 aliphatic rings. The van der Waals surface area contributed by atoms with E-state index in [4.69, 9.17) is 9.47 Å². The Bertz CT molecular complexity index is 908. The second-order valence-electron chi connectivity index (χ2n) is 5.84. The second kappa shape index (κ2) is 6.76. The maximum atomic E-state index is 13.3. The van der Waals surface area contributed by atoms with Gasteiger partial charge in [0.05, 0.1) is 12.8 Å². The molecule has 0 aliphatic carbocycles. The predicted octanol–water partition coefficient (Wildman–Crippen LogP) is 2.68. The normalized spacial score (nSPS) is 13.9. The number of rotatable bonds is 5. The first-order chi connectivity index (χ1) is 12.0. The van der Waals surface area contributed by atoms with E-state index in [0.29, 0.717) is 36.6 Å². The van der Waals surface area contributed by atoms with E-state index in [0.717, 1.165) is 17.5 Å². The molecule has 0 saturated carbocycles. The number of carbonyl (C=O) groups is 1. The third-order valence-electron chi connectivity index (χ3n) is 4.20. The minimum atomic E-state index is -3.81. The summed E-state index contributed by atoms with van der Waals surface area (Å²) in [6, 6.07) is 10.1. The van der Waals surface area contributed by atoms with Gasteiger partial charge in [0.1, 0.15) is 16.4 Å². The number of carbonyl (C=O) groups excluding carboxylic acids is 1. The minimum Gasteiger partial charge on any atom is -0.495 e. The van der Waals surface area contributed by atoms with E-state index in [9.17, 15) is 13.2 Å². The molecule has 0 amide bonds. The average Bonchev–Trinajstić information content (AvgIpc) is 2.61. The van der Waals surface area contributed by atoms with Crippen molar-refractivity contribution >= 4 is 22.2 Å². The van der Waals surface area contributed by atoms with Gasteiger partial charge in [-0.05, 0) is 49.1 Å². The summed E-state index contributed by atoms with van der Waals surface area (Å²) >= 11 is 0. The lowest BCUT2D eigenvalue weighted by molar-refractivity contribution is -0.120. The summed E-state index contributed by atoms with van der Waals surface area (Å²) < 4.78 is 38.1. The van der Waals surface area contributed by atoms with Gasteiger partial charge in [0.25, 0.3) is 16.5 Å². The Balaban J connectivity index is 2.13. The van der Waals surface area contributed by atoms with Crippen molar-refractivity contribution in [2.24, 2.45) is 0 Å². The number of hydrogen-bond acceptors (Lipinski definition) is 5. The highest BCUT2D eigenvalue weighted by Gasteiger charge is 2.31. The first-order valence-electron chi connectivity index (χ1n) is 7.88. The van der Waals surface area contributed by atoms with E-state index in [1.165, 1.54) is 11.4 Å². The second-order valence-corrected chi connectivity index (χ2v) is 7.67. The van der Waals surface area contributed by atoms with Crippen molar-refractivity contribution in [1.82, 2.24) is 0 Å². The SMILES string of the molecule is COc1ccc(C)cc1S(=O)(=O)N1CCCc2ccc(OC=O)cc21. The molecule has 0 unspecified atom stereocenters. The molecule has 0 saturated heterocycles. The van der Waals surface area contributed by atoms with Crippen LogP contribution in [0.5, 0.6) is 11.5 Å². The van der Waals surface area contributed by atoms with Crippen molar-refractivity contribution in [3.63, 3.8) is 0 Å². The molecule has 1 aliphatic heterocycles. The van der Waals surface area contributed by atoms with E-state index >= 15 is 0 Å². The van der Waals surface area contributed by atoms with Crippen LogP contribution in [-0.4, -0.2) is 28.5 Å². The highest BCUT2D eigenvalue weighted by Crippen LogP contribution is 2.37. The Morgan fingerprint density at radius 3 is 2.68 bits per heavy atom. The molecule has 25 heavy (non-hydrogen) atoms. The van der Waals surface area contributed by atoms with Crippen LogP contribution in [0.15, 0.2) is 41.3 Å². The lowest BCUT2D eigenvalue weighted by Crippen LogP contribution is -2.35. The Morgan fingerprint density at radius 1 is 1.16 bits per heavy atom. The molecule has 0 aromatic heterocycles. The highest BCUT2D eigenvalue weighted by molar-refractivity contribution is 7.93. The summed E-state index contributed by atoms with van der Waals surface area (Å²) in [6.07, 6.45) is 1.49. The summed E-state index contributed by atoms with van der Waals surface area (Å²) in [5.74, 6) is 0.616. The molecule has 0 radical (unpaired) electrons. The molecule has 0 fully saturated rings. The summed E-state index contributed by atoms with van der Waals surface area (Å²) in [5.41, 5.74) is 2.27. The lowest BCUT2D eigenvalue weighted by Gasteiger charge is -2.31. The summed E-state index contributed by atoms with van der Waals surface area (Å²) in [7, 11) is -2.36. The number of ether oxygens (including phenoxy) is 2. The van der Waals surface area contributed by atoms with Crippen LogP contribution in [0, 0.1) is 6.92 Å².